The molecule has 116 valence electrons. The molecule has 0 fully saturated rings. The van der Waals surface area contributed by atoms with Gasteiger partial charge < -0.3 is 10.6 Å². The number of urea groups is 1. The number of hydrogen-bond donors (Lipinski definition) is 3. The zero-order valence-corrected chi connectivity index (χ0v) is 14.2. The predicted molar refractivity (Wildman–Crippen MR) is 91.5 cm³/mol. The molecule has 0 radical (unpaired) electrons. The van der Waals surface area contributed by atoms with E-state index < -0.39 is 0 Å². The first-order chi connectivity index (χ1) is 10.4. The van der Waals surface area contributed by atoms with Gasteiger partial charge in [-0.05, 0) is 66.5 Å². The van der Waals surface area contributed by atoms with Gasteiger partial charge in [-0.1, -0.05) is 6.07 Å². The SMILES string of the molecule is Cc1ccc(Nc2ccc(NC(=O)NC(C)C)nn2)c(Br)c1. The minimum atomic E-state index is -0.300. The first-order valence-electron chi connectivity index (χ1n) is 6.88. The van der Waals surface area contributed by atoms with Crippen molar-refractivity contribution in [2.24, 2.45) is 0 Å². The number of aromatic nitrogens is 2. The molecule has 0 unspecified atom stereocenters. The first-order valence-corrected chi connectivity index (χ1v) is 7.68. The lowest BCUT2D eigenvalue weighted by atomic mass is 10.2. The van der Waals surface area contributed by atoms with Gasteiger partial charge in [-0.2, -0.15) is 0 Å². The summed E-state index contributed by atoms with van der Waals surface area (Å²) in [6.07, 6.45) is 0. The molecule has 0 aliphatic heterocycles. The molecule has 22 heavy (non-hydrogen) atoms. The van der Waals surface area contributed by atoms with Crippen molar-refractivity contribution in [2.45, 2.75) is 26.8 Å². The third-order valence-electron chi connectivity index (χ3n) is 2.71. The third-order valence-corrected chi connectivity index (χ3v) is 3.37. The van der Waals surface area contributed by atoms with Gasteiger partial charge >= 0.3 is 6.03 Å². The van der Waals surface area contributed by atoms with Crippen molar-refractivity contribution in [1.29, 1.82) is 0 Å². The Kier molecular flexibility index (Phi) is 5.32. The second-order valence-corrected chi connectivity index (χ2v) is 6.02. The van der Waals surface area contributed by atoms with Gasteiger partial charge in [0.1, 0.15) is 0 Å². The number of nitrogens with zero attached hydrogens (tertiary/aromatic N) is 2. The number of amides is 2. The second kappa shape index (κ2) is 7.22. The van der Waals surface area contributed by atoms with Crippen LogP contribution in [0.1, 0.15) is 19.4 Å². The average Bonchev–Trinajstić information content (AvgIpc) is 2.43. The van der Waals surface area contributed by atoms with Gasteiger partial charge in [0, 0.05) is 10.5 Å². The summed E-state index contributed by atoms with van der Waals surface area (Å²) in [5, 5.41) is 16.5. The molecule has 1 aromatic carbocycles. The molecular formula is C15H18BrN5O. The van der Waals surface area contributed by atoms with Crippen molar-refractivity contribution >= 4 is 39.3 Å². The summed E-state index contributed by atoms with van der Waals surface area (Å²) < 4.78 is 0.952. The molecule has 7 heteroatoms. The highest BCUT2D eigenvalue weighted by Gasteiger charge is 2.06. The van der Waals surface area contributed by atoms with E-state index in [1.54, 1.807) is 12.1 Å². The fourth-order valence-electron chi connectivity index (χ4n) is 1.74. The molecule has 6 nitrogen and oxygen atoms in total. The van der Waals surface area contributed by atoms with Crippen molar-refractivity contribution < 1.29 is 4.79 Å². The fraction of sp³-hybridized carbons (Fsp3) is 0.267. The van der Waals surface area contributed by atoms with Gasteiger partial charge in [0.05, 0.1) is 5.69 Å². The number of rotatable bonds is 4. The fourth-order valence-corrected chi connectivity index (χ4v) is 2.33. The van der Waals surface area contributed by atoms with Crippen LogP contribution in [0.25, 0.3) is 0 Å². The Labute approximate surface area is 137 Å². The van der Waals surface area contributed by atoms with Crippen LogP contribution in [0.15, 0.2) is 34.8 Å². The largest absolute Gasteiger partial charge is 0.338 e. The summed E-state index contributed by atoms with van der Waals surface area (Å²) in [6, 6.07) is 9.19. The van der Waals surface area contributed by atoms with Crippen molar-refractivity contribution in [1.82, 2.24) is 15.5 Å². The highest BCUT2D eigenvalue weighted by molar-refractivity contribution is 9.10. The first kappa shape index (κ1) is 16.2. The summed E-state index contributed by atoms with van der Waals surface area (Å²) >= 11 is 3.50. The number of carbonyl (C=O) groups excluding carboxylic acids is 1. The lowest BCUT2D eigenvalue weighted by Crippen LogP contribution is -2.34. The molecular weight excluding hydrogens is 346 g/mol. The van der Waals surface area contributed by atoms with E-state index in [0.717, 1.165) is 10.2 Å². The van der Waals surface area contributed by atoms with Crippen molar-refractivity contribution in [3.8, 4) is 0 Å². The van der Waals surface area contributed by atoms with E-state index in [-0.39, 0.29) is 12.1 Å². The second-order valence-electron chi connectivity index (χ2n) is 5.17. The molecule has 0 aliphatic rings. The number of carbonyl (C=O) groups is 1. The minimum absolute atomic E-state index is 0.0628. The van der Waals surface area contributed by atoms with Crippen molar-refractivity contribution in [3.05, 3.63) is 40.4 Å². The zero-order chi connectivity index (χ0) is 16.1. The van der Waals surface area contributed by atoms with Gasteiger partial charge in [0.25, 0.3) is 0 Å². The summed E-state index contributed by atoms with van der Waals surface area (Å²) in [5.41, 5.74) is 2.07. The number of hydrogen-bond acceptors (Lipinski definition) is 4. The molecule has 0 saturated heterocycles. The number of nitrogens with one attached hydrogen (secondary N) is 3. The van der Waals surface area contributed by atoms with Gasteiger partial charge in [-0.3, -0.25) is 5.32 Å². The van der Waals surface area contributed by atoms with E-state index in [2.05, 4.69) is 42.1 Å². The number of halogens is 1. The summed E-state index contributed by atoms with van der Waals surface area (Å²) in [5.74, 6) is 0.992. The molecule has 3 N–H and O–H groups in total. The monoisotopic (exact) mass is 363 g/mol. The zero-order valence-electron chi connectivity index (χ0n) is 12.6. The van der Waals surface area contributed by atoms with Crippen LogP contribution in [-0.2, 0) is 0 Å². The van der Waals surface area contributed by atoms with Crippen molar-refractivity contribution in [2.75, 3.05) is 10.6 Å². The maximum atomic E-state index is 11.6. The number of anilines is 3. The summed E-state index contributed by atoms with van der Waals surface area (Å²) in [6.45, 7) is 5.80. The van der Waals surface area contributed by atoms with Gasteiger partial charge in [0.15, 0.2) is 11.6 Å². The topological polar surface area (TPSA) is 78.9 Å². The maximum absolute atomic E-state index is 11.6. The third kappa shape index (κ3) is 4.70. The molecule has 0 spiro atoms. The number of aryl methyl sites for hydroxylation is 1. The van der Waals surface area contributed by atoms with E-state index in [0.29, 0.717) is 11.6 Å². The van der Waals surface area contributed by atoms with Crippen molar-refractivity contribution in [3.63, 3.8) is 0 Å². The Morgan fingerprint density at radius 1 is 1.14 bits per heavy atom. The normalized spacial score (nSPS) is 10.4. The van der Waals surface area contributed by atoms with Crippen LogP contribution < -0.4 is 16.0 Å². The van der Waals surface area contributed by atoms with Gasteiger partial charge in [-0.15, -0.1) is 10.2 Å². The van der Waals surface area contributed by atoms with E-state index in [4.69, 9.17) is 0 Å². The van der Waals surface area contributed by atoms with Crippen LogP contribution in [0.3, 0.4) is 0 Å². The standard InChI is InChI=1S/C15H18BrN5O/c1-9(2)17-15(22)19-14-7-6-13(20-21-14)18-12-5-4-10(3)8-11(12)16/h4-9H,1-3H3,(H,18,20)(H2,17,19,21,22). The molecule has 2 amide bonds. The molecule has 1 heterocycles. The molecule has 2 aromatic rings. The molecule has 0 aliphatic carbocycles. The van der Waals surface area contributed by atoms with Gasteiger partial charge in [0.2, 0.25) is 0 Å². The molecule has 0 bridgehead atoms. The Balaban J connectivity index is 2.01. The quantitative estimate of drug-likeness (QED) is 0.771. The molecule has 2 rings (SSSR count). The lowest BCUT2D eigenvalue weighted by molar-refractivity contribution is 0.250. The molecule has 0 saturated carbocycles. The van der Waals surface area contributed by atoms with Crippen LogP contribution in [-0.4, -0.2) is 22.3 Å². The van der Waals surface area contributed by atoms with E-state index in [9.17, 15) is 4.79 Å². The Morgan fingerprint density at radius 2 is 1.82 bits per heavy atom. The van der Waals surface area contributed by atoms with E-state index >= 15 is 0 Å². The van der Waals surface area contributed by atoms with E-state index in [1.807, 2.05) is 39.0 Å². The predicted octanol–water partition coefficient (Wildman–Crippen LogP) is 3.82. The Hall–Kier alpha value is -2.15. The maximum Gasteiger partial charge on any atom is 0.320 e. The van der Waals surface area contributed by atoms with Crippen LogP contribution in [0.2, 0.25) is 0 Å². The van der Waals surface area contributed by atoms with Crippen LogP contribution >= 0.6 is 15.9 Å². The Morgan fingerprint density at radius 3 is 2.41 bits per heavy atom. The summed E-state index contributed by atoms with van der Waals surface area (Å²) in [4.78, 5) is 11.6. The van der Waals surface area contributed by atoms with Gasteiger partial charge in [-0.25, -0.2) is 4.79 Å². The minimum Gasteiger partial charge on any atom is -0.338 e. The van der Waals surface area contributed by atoms with Crippen LogP contribution in [0.4, 0.5) is 22.1 Å². The average molecular weight is 364 g/mol. The number of benzene rings is 1. The highest BCUT2D eigenvalue weighted by atomic mass is 79.9. The Bertz CT molecular complexity index is 657. The highest BCUT2D eigenvalue weighted by Crippen LogP contribution is 2.25. The molecule has 1 aromatic heterocycles. The summed E-state index contributed by atoms with van der Waals surface area (Å²) in [7, 11) is 0. The van der Waals surface area contributed by atoms with Crippen LogP contribution in [0.5, 0.6) is 0 Å². The van der Waals surface area contributed by atoms with Crippen LogP contribution in [0, 0.1) is 6.92 Å². The lowest BCUT2D eigenvalue weighted by Gasteiger charge is -2.10. The molecule has 0 atom stereocenters. The van der Waals surface area contributed by atoms with E-state index in [1.165, 1.54) is 5.56 Å². The smallest absolute Gasteiger partial charge is 0.320 e.